The number of hydrogen-bond acceptors (Lipinski definition) is 4. The van der Waals surface area contributed by atoms with E-state index in [2.05, 4.69) is 0 Å². The maximum Gasteiger partial charge on any atom is 0.330 e. The van der Waals surface area contributed by atoms with Gasteiger partial charge in [0.2, 0.25) is 5.91 Å². The smallest absolute Gasteiger partial charge is 0.330 e. The molecule has 78 valence electrons. The molecule has 1 aliphatic rings. The van der Waals surface area contributed by atoms with Crippen LogP contribution in [0.15, 0.2) is 0 Å². The number of Topliss-reactive ketones (excluding diaryl/α,β-unsaturated/α-hetero) is 1. The fraction of sp³-hybridized carbons (Fsp3) is 0.667. The van der Waals surface area contributed by atoms with Gasteiger partial charge in [0.1, 0.15) is 17.7 Å². The van der Waals surface area contributed by atoms with Crippen molar-refractivity contribution in [1.82, 2.24) is 4.90 Å². The van der Waals surface area contributed by atoms with Gasteiger partial charge in [0.15, 0.2) is 0 Å². The highest BCUT2D eigenvalue weighted by molar-refractivity contribution is 6.11. The number of rotatable bonds is 3. The van der Waals surface area contributed by atoms with E-state index in [1.165, 1.54) is 18.9 Å². The minimum absolute atomic E-state index is 0.252. The van der Waals surface area contributed by atoms with E-state index >= 15 is 0 Å². The number of nitrogens with zero attached hydrogens (tertiary/aromatic N) is 1. The van der Waals surface area contributed by atoms with Crippen molar-refractivity contribution < 1.29 is 19.1 Å². The van der Waals surface area contributed by atoms with E-state index in [4.69, 9.17) is 4.74 Å². The van der Waals surface area contributed by atoms with Gasteiger partial charge in [-0.05, 0) is 13.8 Å². The molecule has 0 radical (unpaired) electrons. The number of ketones is 1. The van der Waals surface area contributed by atoms with Gasteiger partial charge in [-0.2, -0.15) is 0 Å². The number of hydrogen-bond donors (Lipinski definition) is 0. The summed E-state index contributed by atoms with van der Waals surface area (Å²) in [4.78, 5) is 34.8. The molecule has 5 heteroatoms. The summed E-state index contributed by atoms with van der Waals surface area (Å²) in [6.07, 6.45) is 0. The molecule has 0 N–H and O–H groups in total. The molecule has 1 saturated heterocycles. The number of β-lactam (4-membered cyclic amide) rings is 1. The third-order valence-corrected chi connectivity index (χ3v) is 2.31. The van der Waals surface area contributed by atoms with E-state index in [0.29, 0.717) is 0 Å². The predicted molar refractivity (Wildman–Crippen MR) is 47.4 cm³/mol. The first kappa shape index (κ1) is 10.7. The lowest BCUT2D eigenvalue weighted by atomic mass is 9.85. The Kier molecular flexibility index (Phi) is 2.88. The van der Waals surface area contributed by atoms with E-state index in [1.807, 2.05) is 0 Å². The van der Waals surface area contributed by atoms with Crippen molar-refractivity contribution in [2.75, 3.05) is 13.7 Å². The van der Waals surface area contributed by atoms with Crippen molar-refractivity contribution in [1.29, 1.82) is 0 Å². The number of carbonyl (C=O) groups is 3. The van der Waals surface area contributed by atoms with E-state index < -0.39 is 17.9 Å². The molecule has 0 unspecified atom stereocenters. The summed E-state index contributed by atoms with van der Waals surface area (Å²) in [6, 6.07) is -0.722. The van der Waals surface area contributed by atoms with Crippen molar-refractivity contribution in [3.63, 3.8) is 0 Å². The Labute approximate surface area is 82.0 Å². The fourth-order valence-corrected chi connectivity index (χ4v) is 1.55. The zero-order chi connectivity index (χ0) is 10.9. The molecule has 0 aromatic rings. The van der Waals surface area contributed by atoms with Crippen LogP contribution >= 0.6 is 0 Å². The normalized spacial score (nSPS) is 25.6. The van der Waals surface area contributed by atoms with Gasteiger partial charge in [-0.25, -0.2) is 4.79 Å². The Morgan fingerprint density at radius 2 is 2.07 bits per heavy atom. The number of carbonyl (C=O) groups excluding carboxylic acids is 3. The van der Waals surface area contributed by atoms with Gasteiger partial charge in [-0.1, -0.05) is 0 Å². The van der Waals surface area contributed by atoms with Gasteiger partial charge in [0.25, 0.3) is 0 Å². The van der Waals surface area contributed by atoms with Crippen molar-refractivity contribution in [2.24, 2.45) is 5.92 Å². The quantitative estimate of drug-likeness (QED) is 0.352. The molecule has 1 heterocycles. The number of likely N-dealkylation sites (N-methyl/N-ethyl adjacent to an activating group) is 1. The van der Waals surface area contributed by atoms with Crippen molar-refractivity contribution in [3.8, 4) is 0 Å². The minimum Gasteiger partial charge on any atom is -0.464 e. The van der Waals surface area contributed by atoms with Crippen LogP contribution in [0.1, 0.15) is 13.8 Å². The van der Waals surface area contributed by atoms with E-state index in [1.54, 1.807) is 6.92 Å². The number of likely N-dealkylation sites (tertiary alicyclic amines) is 1. The summed E-state index contributed by atoms with van der Waals surface area (Å²) >= 11 is 0. The average molecular weight is 199 g/mol. The summed E-state index contributed by atoms with van der Waals surface area (Å²) in [5, 5.41) is 0. The topological polar surface area (TPSA) is 63.7 Å². The summed E-state index contributed by atoms with van der Waals surface area (Å²) in [7, 11) is 1.49. The summed E-state index contributed by atoms with van der Waals surface area (Å²) < 4.78 is 4.76. The molecular formula is C9H13NO4. The van der Waals surface area contributed by atoms with Crippen LogP contribution in [-0.4, -0.2) is 42.3 Å². The van der Waals surface area contributed by atoms with Gasteiger partial charge in [0.05, 0.1) is 6.61 Å². The fourth-order valence-electron chi connectivity index (χ4n) is 1.55. The van der Waals surface area contributed by atoms with Crippen LogP contribution in [0.25, 0.3) is 0 Å². The first-order chi connectivity index (χ1) is 6.50. The SMILES string of the molecule is CCOC(=O)[C@@H]1[C@@H](C(C)=O)C(=O)N1C. The zero-order valence-corrected chi connectivity index (χ0v) is 8.44. The van der Waals surface area contributed by atoms with E-state index in [9.17, 15) is 14.4 Å². The summed E-state index contributed by atoms with van der Waals surface area (Å²) in [6.45, 7) is 3.24. The lowest BCUT2D eigenvalue weighted by molar-refractivity contribution is -0.174. The second-order valence-corrected chi connectivity index (χ2v) is 3.23. The first-order valence-electron chi connectivity index (χ1n) is 4.44. The third kappa shape index (κ3) is 1.49. The molecule has 1 rings (SSSR count). The monoisotopic (exact) mass is 199 g/mol. The molecule has 0 saturated carbocycles. The molecule has 0 aromatic heterocycles. The summed E-state index contributed by atoms with van der Waals surface area (Å²) in [5.41, 5.74) is 0. The van der Waals surface area contributed by atoms with Crippen LogP contribution in [0.5, 0.6) is 0 Å². The van der Waals surface area contributed by atoms with Gasteiger partial charge in [-0.15, -0.1) is 0 Å². The molecule has 1 amide bonds. The molecule has 0 bridgehead atoms. The number of esters is 1. The number of amides is 1. The lowest BCUT2D eigenvalue weighted by Crippen LogP contribution is -2.65. The standard InChI is InChI=1S/C9H13NO4/c1-4-14-9(13)7-6(5(2)11)8(12)10(7)3/h6-7H,4H2,1-3H3/t6-,7+/m1/s1. The Morgan fingerprint density at radius 1 is 1.50 bits per heavy atom. The Morgan fingerprint density at radius 3 is 2.50 bits per heavy atom. The van der Waals surface area contributed by atoms with Crippen LogP contribution in [0.2, 0.25) is 0 Å². The highest BCUT2D eigenvalue weighted by Crippen LogP contribution is 2.26. The molecule has 1 aliphatic heterocycles. The second kappa shape index (κ2) is 3.77. The van der Waals surface area contributed by atoms with Crippen molar-refractivity contribution in [3.05, 3.63) is 0 Å². The van der Waals surface area contributed by atoms with Crippen molar-refractivity contribution >= 4 is 17.7 Å². The molecule has 5 nitrogen and oxygen atoms in total. The van der Waals surface area contributed by atoms with Gasteiger partial charge < -0.3 is 9.64 Å². The van der Waals surface area contributed by atoms with Gasteiger partial charge >= 0.3 is 5.97 Å². The molecule has 0 spiro atoms. The largest absolute Gasteiger partial charge is 0.464 e. The highest BCUT2D eigenvalue weighted by atomic mass is 16.5. The summed E-state index contributed by atoms with van der Waals surface area (Å²) in [5.74, 6) is -1.93. The minimum atomic E-state index is -0.834. The lowest BCUT2D eigenvalue weighted by Gasteiger charge is -2.41. The third-order valence-electron chi connectivity index (χ3n) is 2.31. The van der Waals surface area contributed by atoms with Crippen molar-refractivity contribution in [2.45, 2.75) is 19.9 Å². The molecular weight excluding hydrogens is 186 g/mol. The molecule has 14 heavy (non-hydrogen) atoms. The van der Waals surface area contributed by atoms with Gasteiger partial charge in [0, 0.05) is 7.05 Å². The Hall–Kier alpha value is -1.39. The molecule has 0 aliphatic carbocycles. The van der Waals surface area contributed by atoms with Crippen LogP contribution in [0.4, 0.5) is 0 Å². The van der Waals surface area contributed by atoms with Crippen LogP contribution in [-0.2, 0) is 19.1 Å². The Bertz CT molecular complexity index is 287. The Balaban J connectivity index is 2.73. The van der Waals surface area contributed by atoms with E-state index in [0.717, 1.165) is 0 Å². The van der Waals surface area contributed by atoms with Crippen LogP contribution in [0.3, 0.4) is 0 Å². The first-order valence-corrected chi connectivity index (χ1v) is 4.44. The maximum absolute atomic E-state index is 11.3. The number of ether oxygens (including phenoxy) is 1. The van der Waals surface area contributed by atoms with E-state index in [-0.39, 0.29) is 18.3 Å². The predicted octanol–water partition coefficient (Wildman–Crippen LogP) is -0.405. The average Bonchev–Trinajstić information content (AvgIpc) is 2.11. The van der Waals surface area contributed by atoms with Gasteiger partial charge in [-0.3, -0.25) is 9.59 Å². The zero-order valence-electron chi connectivity index (χ0n) is 8.44. The van der Waals surface area contributed by atoms with Crippen LogP contribution < -0.4 is 0 Å². The van der Waals surface area contributed by atoms with Crippen LogP contribution in [0, 0.1) is 5.92 Å². The maximum atomic E-state index is 11.3. The second-order valence-electron chi connectivity index (χ2n) is 3.23. The molecule has 2 atom stereocenters. The molecule has 0 aromatic carbocycles. The highest BCUT2D eigenvalue weighted by Gasteiger charge is 2.52. The molecule has 1 fully saturated rings.